The van der Waals surface area contributed by atoms with Crippen molar-refractivity contribution in [2.24, 2.45) is 11.8 Å². The standard InChI is InChI=1S/C20H30N4O2.ClH/c1-13-15-5-3-4-6-17(15)23-20(21-13)24-11-16(14-7-8-14)18(12-24)22-19(25)9-10-26-2;/h14,16,18H,3-12H2,1-2H3,(H,22,25);1H/t16-,18+;/m1./s1. The average Bonchev–Trinajstić information content (AvgIpc) is 3.40. The molecule has 150 valence electrons. The zero-order valence-corrected chi connectivity index (χ0v) is 17.2. The number of rotatable bonds is 6. The number of aromatic nitrogens is 2. The summed E-state index contributed by atoms with van der Waals surface area (Å²) in [6.45, 7) is 4.37. The van der Waals surface area contributed by atoms with Gasteiger partial charge in [0.05, 0.1) is 12.6 Å². The highest BCUT2D eigenvalue weighted by atomic mass is 35.5. The number of nitrogens with zero attached hydrogens (tertiary/aromatic N) is 3. The maximum atomic E-state index is 12.2. The van der Waals surface area contributed by atoms with E-state index in [1.54, 1.807) is 7.11 Å². The fourth-order valence-corrected chi connectivity index (χ4v) is 4.53. The van der Waals surface area contributed by atoms with Gasteiger partial charge in [0.2, 0.25) is 11.9 Å². The highest BCUT2D eigenvalue weighted by Gasteiger charge is 2.43. The van der Waals surface area contributed by atoms with Crippen molar-refractivity contribution in [2.75, 3.05) is 31.7 Å². The van der Waals surface area contributed by atoms with E-state index >= 15 is 0 Å². The van der Waals surface area contributed by atoms with Crippen LogP contribution < -0.4 is 10.2 Å². The summed E-state index contributed by atoms with van der Waals surface area (Å²) < 4.78 is 5.03. The Balaban J connectivity index is 0.00000210. The Kier molecular flexibility index (Phi) is 6.58. The van der Waals surface area contributed by atoms with Crippen molar-refractivity contribution >= 4 is 24.3 Å². The molecular weight excluding hydrogens is 364 g/mol. The molecule has 6 nitrogen and oxygen atoms in total. The molecule has 3 aliphatic rings. The van der Waals surface area contributed by atoms with Crippen LogP contribution in [-0.4, -0.2) is 48.7 Å². The minimum Gasteiger partial charge on any atom is -0.384 e. The number of aryl methyl sites for hydroxylation is 2. The summed E-state index contributed by atoms with van der Waals surface area (Å²) in [6, 6.07) is 0.201. The number of hydrogen-bond acceptors (Lipinski definition) is 5. The van der Waals surface area contributed by atoms with E-state index in [2.05, 4.69) is 17.1 Å². The Morgan fingerprint density at radius 3 is 2.74 bits per heavy atom. The van der Waals surface area contributed by atoms with Crippen molar-refractivity contribution in [3.63, 3.8) is 0 Å². The molecule has 2 aliphatic carbocycles. The molecule has 0 aromatic carbocycles. The van der Waals surface area contributed by atoms with E-state index in [9.17, 15) is 4.79 Å². The van der Waals surface area contributed by atoms with Gasteiger partial charge >= 0.3 is 0 Å². The number of nitrogens with one attached hydrogen (secondary N) is 1. The highest BCUT2D eigenvalue weighted by molar-refractivity contribution is 5.85. The monoisotopic (exact) mass is 394 g/mol. The fourth-order valence-electron chi connectivity index (χ4n) is 4.53. The predicted octanol–water partition coefficient (Wildman–Crippen LogP) is 2.45. The number of fused-ring (bicyclic) bond motifs is 1. The van der Waals surface area contributed by atoms with Crippen molar-refractivity contribution in [1.82, 2.24) is 15.3 Å². The molecule has 2 atom stereocenters. The number of anilines is 1. The van der Waals surface area contributed by atoms with E-state index in [-0.39, 0.29) is 24.4 Å². The van der Waals surface area contributed by atoms with Gasteiger partial charge in [-0.3, -0.25) is 4.79 Å². The molecule has 1 N–H and O–H groups in total. The van der Waals surface area contributed by atoms with Crippen LogP contribution in [0.3, 0.4) is 0 Å². The van der Waals surface area contributed by atoms with Gasteiger partial charge in [0, 0.05) is 43.9 Å². The molecule has 1 aromatic rings. The maximum Gasteiger partial charge on any atom is 0.225 e. The largest absolute Gasteiger partial charge is 0.384 e. The molecule has 1 saturated heterocycles. The summed E-state index contributed by atoms with van der Waals surface area (Å²) in [4.78, 5) is 24.2. The first-order chi connectivity index (χ1) is 12.7. The Morgan fingerprint density at radius 1 is 1.22 bits per heavy atom. The van der Waals surface area contributed by atoms with Crippen molar-refractivity contribution in [2.45, 2.75) is 57.9 Å². The van der Waals surface area contributed by atoms with E-state index in [1.165, 1.54) is 36.9 Å². The molecule has 0 radical (unpaired) electrons. The molecule has 2 fully saturated rings. The van der Waals surface area contributed by atoms with Crippen LogP contribution in [0.1, 0.15) is 49.1 Å². The van der Waals surface area contributed by atoms with E-state index in [4.69, 9.17) is 14.7 Å². The minimum atomic E-state index is 0. The molecular formula is C20H31ClN4O2. The smallest absolute Gasteiger partial charge is 0.225 e. The molecule has 1 aliphatic heterocycles. The zero-order chi connectivity index (χ0) is 18.1. The Morgan fingerprint density at radius 2 is 2.00 bits per heavy atom. The van der Waals surface area contributed by atoms with Crippen molar-refractivity contribution in [3.8, 4) is 0 Å². The van der Waals surface area contributed by atoms with Crippen molar-refractivity contribution in [1.29, 1.82) is 0 Å². The SMILES string of the molecule is COCCC(=O)N[C@H]1CN(c2nc(C)c3c(n2)CCCC3)C[C@@H]1C1CC1.Cl. The van der Waals surface area contributed by atoms with Crippen LogP contribution in [0.4, 0.5) is 5.95 Å². The number of hydrogen-bond donors (Lipinski definition) is 1. The zero-order valence-electron chi connectivity index (χ0n) is 16.4. The number of amides is 1. The van der Waals surface area contributed by atoms with Crippen LogP contribution in [0.5, 0.6) is 0 Å². The summed E-state index contributed by atoms with van der Waals surface area (Å²) in [5.74, 6) is 2.21. The molecule has 0 spiro atoms. The topological polar surface area (TPSA) is 67.3 Å². The van der Waals surface area contributed by atoms with Crippen LogP contribution in [0.25, 0.3) is 0 Å². The molecule has 7 heteroatoms. The molecule has 27 heavy (non-hydrogen) atoms. The minimum absolute atomic E-state index is 0. The second-order valence-electron chi connectivity index (χ2n) is 8.06. The molecule has 0 unspecified atom stereocenters. The van der Waals surface area contributed by atoms with Crippen LogP contribution in [0, 0.1) is 18.8 Å². The molecule has 1 saturated carbocycles. The van der Waals surface area contributed by atoms with Crippen LogP contribution in [0.2, 0.25) is 0 Å². The number of methoxy groups -OCH3 is 1. The molecule has 0 bridgehead atoms. The lowest BCUT2D eigenvalue weighted by Gasteiger charge is -2.22. The first kappa shape index (κ1) is 20.3. The summed E-state index contributed by atoms with van der Waals surface area (Å²) in [5, 5.41) is 3.25. The summed E-state index contributed by atoms with van der Waals surface area (Å²) >= 11 is 0. The first-order valence-corrected chi connectivity index (χ1v) is 10.1. The van der Waals surface area contributed by atoms with Gasteiger partial charge < -0.3 is 15.0 Å². The van der Waals surface area contributed by atoms with E-state index in [0.29, 0.717) is 18.9 Å². The fraction of sp³-hybridized carbons (Fsp3) is 0.750. The van der Waals surface area contributed by atoms with Crippen LogP contribution in [0.15, 0.2) is 0 Å². The van der Waals surface area contributed by atoms with Crippen molar-refractivity contribution < 1.29 is 9.53 Å². The van der Waals surface area contributed by atoms with Gasteiger partial charge in [0.1, 0.15) is 0 Å². The Labute approximate surface area is 167 Å². The van der Waals surface area contributed by atoms with Crippen LogP contribution >= 0.6 is 12.4 Å². The summed E-state index contributed by atoms with van der Waals surface area (Å²) in [5.41, 5.74) is 3.75. The third-order valence-electron chi connectivity index (χ3n) is 6.13. The Hall–Kier alpha value is -1.40. The molecule has 4 rings (SSSR count). The first-order valence-electron chi connectivity index (χ1n) is 10.1. The van der Waals surface area contributed by atoms with Gasteiger partial charge in [-0.15, -0.1) is 12.4 Å². The summed E-state index contributed by atoms with van der Waals surface area (Å²) in [7, 11) is 1.63. The van der Waals surface area contributed by atoms with E-state index < -0.39 is 0 Å². The number of ether oxygens (including phenoxy) is 1. The molecule has 1 amide bonds. The van der Waals surface area contributed by atoms with Gasteiger partial charge in [0.25, 0.3) is 0 Å². The Bertz CT molecular complexity index is 680. The van der Waals surface area contributed by atoms with Gasteiger partial charge in [-0.2, -0.15) is 0 Å². The summed E-state index contributed by atoms with van der Waals surface area (Å²) in [6.07, 6.45) is 7.66. The van der Waals surface area contributed by atoms with Crippen molar-refractivity contribution in [3.05, 3.63) is 17.0 Å². The number of halogens is 1. The van der Waals surface area contributed by atoms with Gasteiger partial charge in [0.15, 0.2) is 0 Å². The van der Waals surface area contributed by atoms with E-state index in [0.717, 1.165) is 43.5 Å². The lowest BCUT2D eigenvalue weighted by atomic mass is 9.95. The maximum absolute atomic E-state index is 12.2. The molecule has 2 heterocycles. The predicted molar refractivity (Wildman–Crippen MR) is 108 cm³/mol. The molecule has 1 aromatic heterocycles. The lowest BCUT2D eigenvalue weighted by molar-refractivity contribution is -0.122. The quantitative estimate of drug-likeness (QED) is 0.802. The van der Waals surface area contributed by atoms with Gasteiger partial charge in [-0.25, -0.2) is 9.97 Å². The van der Waals surface area contributed by atoms with Crippen LogP contribution in [-0.2, 0) is 22.4 Å². The number of carbonyl (C=O) groups is 1. The third kappa shape index (κ3) is 4.54. The average molecular weight is 395 g/mol. The normalized spacial score (nSPS) is 24.3. The second-order valence-corrected chi connectivity index (χ2v) is 8.06. The lowest BCUT2D eigenvalue weighted by Crippen LogP contribution is -2.41. The van der Waals surface area contributed by atoms with Gasteiger partial charge in [-0.05, 0) is 56.9 Å². The number of carbonyl (C=O) groups excluding carboxylic acids is 1. The highest BCUT2D eigenvalue weighted by Crippen LogP contribution is 2.42. The van der Waals surface area contributed by atoms with E-state index in [1.807, 2.05) is 0 Å². The van der Waals surface area contributed by atoms with Gasteiger partial charge in [-0.1, -0.05) is 0 Å². The second kappa shape index (κ2) is 8.74. The third-order valence-corrected chi connectivity index (χ3v) is 6.13.